The normalized spacial score (nSPS) is 36.5. The molecule has 0 unspecified atom stereocenters. The minimum absolute atomic E-state index is 0.0558. The maximum absolute atomic E-state index is 13.4. The molecule has 2 spiro atoms. The van der Waals surface area contributed by atoms with Gasteiger partial charge in [-0.1, -0.05) is 55.4 Å². The molecule has 0 bridgehead atoms. The minimum atomic E-state index is -1.05. The van der Waals surface area contributed by atoms with E-state index in [-0.39, 0.29) is 71.9 Å². The summed E-state index contributed by atoms with van der Waals surface area (Å²) < 4.78 is 53.2. The number of benzene rings is 3. The van der Waals surface area contributed by atoms with Crippen LogP contribution in [0.15, 0.2) is 18.2 Å². The molecule has 4 heterocycles. The summed E-state index contributed by atoms with van der Waals surface area (Å²) in [6.45, 7) is 24.2. The highest BCUT2D eigenvalue weighted by atomic mass is 16.6. The third kappa shape index (κ3) is 7.41. The van der Waals surface area contributed by atoms with Gasteiger partial charge < -0.3 is 58.3 Å². The van der Waals surface area contributed by atoms with Gasteiger partial charge in [-0.05, 0) is 104 Å². The van der Waals surface area contributed by atoms with E-state index in [0.717, 1.165) is 25.7 Å². The molecule has 3 aromatic rings. The molecule has 0 saturated heterocycles. The van der Waals surface area contributed by atoms with Gasteiger partial charge in [0, 0.05) is 90.0 Å². The summed E-state index contributed by atoms with van der Waals surface area (Å²) in [6.07, 6.45) is -0.818. The van der Waals surface area contributed by atoms with E-state index in [4.69, 9.17) is 37.9 Å². The van der Waals surface area contributed by atoms with Gasteiger partial charge in [0.25, 0.3) is 0 Å². The van der Waals surface area contributed by atoms with E-state index in [1.165, 1.54) is 27.7 Å². The fraction of sp³-hybridized carbons (Fsp3) is 0.639. The summed E-state index contributed by atoms with van der Waals surface area (Å²) in [5.41, 5.74) is -0.0647. The van der Waals surface area contributed by atoms with E-state index >= 15 is 0 Å². The third-order valence-corrected chi connectivity index (χ3v) is 21.0. The van der Waals surface area contributed by atoms with Crippen LogP contribution < -0.4 is 9.47 Å². The maximum Gasteiger partial charge on any atom is 0.303 e. The number of carbonyl (C=O) groups excluding carboxylic acids is 4. The summed E-state index contributed by atoms with van der Waals surface area (Å²) in [5, 5.41) is 48.9. The average molecular weight is 1070 g/mol. The Bertz CT molecular complexity index is 3010. The van der Waals surface area contributed by atoms with Crippen molar-refractivity contribution in [3.8, 4) is 34.5 Å². The van der Waals surface area contributed by atoms with Gasteiger partial charge >= 0.3 is 23.9 Å². The van der Waals surface area contributed by atoms with E-state index in [9.17, 15) is 39.6 Å². The van der Waals surface area contributed by atoms with Crippen LogP contribution in [0.2, 0.25) is 0 Å². The van der Waals surface area contributed by atoms with Gasteiger partial charge in [0.05, 0.1) is 18.8 Å². The Labute approximate surface area is 450 Å². The molecule has 4 N–H and O–H groups in total. The fourth-order valence-electron chi connectivity index (χ4n) is 18.0. The van der Waals surface area contributed by atoms with Crippen LogP contribution in [0.1, 0.15) is 184 Å². The Morgan fingerprint density at radius 1 is 0.532 bits per heavy atom. The Morgan fingerprint density at radius 2 is 0.974 bits per heavy atom. The molecule has 416 valence electrons. The number of phenolic OH excluding ortho intramolecular Hbond substituents is 4. The lowest BCUT2D eigenvalue weighted by Gasteiger charge is -2.65. The lowest BCUT2D eigenvalue weighted by atomic mass is 9.43. The molecule has 8 aliphatic rings. The molecule has 4 aliphatic heterocycles. The average Bonchev–Trinajstić information content (AvgIpc) is 4.12. The zero-order chi connectivity index (χ0) is 55.6. The largest absolute Gasteiger partial charge is 0.508 e. The lowest BCUT2D eigenvalue weighted by Crippen LogP contribution is -2.70. The van der Waals surface area contributed by atoms with E-state index in [1.807, 2.05) is 0 Å². The Balaban J connectivity index is 1.08. The highest BCUT2D eigenvalue weighted by Crippen LogP contribution is 2.72. The van der Waals surface area contributed by atoms with Gasteiger partial charge in [0.1, 0.15) is 82.3 Å². The topological polar surface area (TPSA) is 223 Å². The Morgan fingerprint density at radius 3 is 1.45 bits per heavy atom. The van der Waals surface area contributed by atoms with Gasteiger partial charge in [-0.3, -0.25) is 19.2 Å². The summed E-state index contributed by atoms with van der Waals surface area (Å²) in [6, 6.07) is 4.88. The second kappa shape index (κ2) is 17.6. The molecular weight excluding hydrogens is 989 g/mol. The SMILES string of the molecule is CC(=O)O[C@@H]1[C@H](OC(C)=O)C[C@@]2(C)[C@@H](CC[C@@H](C)[C@]23Cc2c(O)cc4c(c2O3)[C@H](c2c(O)c3c(c5c2CO[C@H]5c2c(O)cc(C)cc2O)O[C@]2(C3)[C@H](C)CC[C@H]3C(C)(C)[C@H](OC(C)=O)[C@H](OC(C)=O)C[C@@]32C)OC4)C1(C)C. The summed E-state index contributed by atoms with van der Waals surface area (Å²) in [4.78, 5) is 51.1. The molecule has 4 saturated carbocycles. The summed E-state index contributed by atoms with van der Waals surface area (Å²) in [5.74, 6) is -1.79. The number of hydrogen-bond donors (Lipinski definition) is 4. The van der Waals surface area contributed by atoms with Gasteiger partial charge in [-0.15, -0.1) is 0 Å². The first-order chi connectivity index (χ1) is 36.0. The van der Waals surface area contributed by atoms with Crippen molar-refractivity contribution in [2.75, 3.05) is 0 Å². The second-order valence-corrected chi connectivity index (χ2v) is 26.0. The minimum Gasteiger partial charge on any atom is -0.508 e. The van der Waals surface area contributed by atoms with Gasteiger partial charge in [-0.25, -0.2) is 0 Å². The second-order valence-electron chi connectivity index (χ2n) is 26.0. The predicted molar refractivity (Wildman–Crippen MR) is 277 cm³/mol. The van der Waals surface area contributed by atoms with Crippen molar-refractivity contribution in [1.82, 2.24) is 0 Å². The van der Waals surface area contributed by atoms with Gasteiger partial charge in [0.15, 0.2) is 0 Å². The molecule has 11 rings (SSSR count). The van der Waals surface area contributed by atoms with Crippen molar-refractivity contribution < 1.29 is 77.5 Å². The van der Waals surface area contributed by atoms with E-state index < -0.39 is 93.4 Å². The Kier molecular flexibility index (Phi) is 12.2. The fourth-order valence-corrected chi connectivity index (χ4v) is 18.0. The van der Waals surface area contributed by atoms with Crippen LogP contribution >= 0.6 is 0 Å². The van der Waals surface area contributed by atoms with Crippen molar-refractivity contribution in [2.45, 2.75) is 202 Å². The molecule has 3 aromatic carbocycles. The molecule has 16 nitrogen and oxygen atoms in total. The van der Waals surface area contributed by atoms with E-state index in [1.54, 1.807) is 25.1 Å². The van der Waals surface area contributed by atoms with Gasteiger partial charge in [0.2, 0.25) is 0 Å². The number of rotatable bonds is 6. The smallest absolute Gasteiger partial charge is 0.303 e. The first kappa shape index (κ1) is 53.3. The third-order valence-electron chi connectivity index (χ3n) is 21.0. The molecule has 4 aliphatic carbocycles. The zero-order valence-electron chi connectivity index (χ0n) is 46.8. The zero-order valence-corrected chi connectivity index (χ0v) is 46.8. The van der Waals surface area contributed by atoms with Crippen molar-refractivity contribution >= 4 is 23.9 Å². The Hall–Kier alpha value is -5.74. The van der Waals surface area contributed by atoms with Crippen molar-refractivity contribution in [2.24, 2.45) is 45.3 Å². The van der Waals surface area contributed by atoms with Crippen molar-refractivity contribution in [3.63, 3.8) is 0 Å². The van der Waals surface area contributed by atoms with Crippen LogP contribution in [-0.4, -0.2) is 79.9 Å². The maximum atomic E-state index is 13.4. The van der Waals surface area contributed by atoms with Crippen LogP contribution in [0, 0.1) is 52.3 Å². The number of esters is 4. The van der Waals surface area contributed by atoms with Gasteiger partial charge in [-0.2, -0.15) is 0 Å². The molecule has 77 heavy (non-hydrogen) atoms. The standard InChI is InChI=1S/C61H76O16/c1-27-18-39(67)48(40(68)19-27)53-47-37(26-71-53)46(49(69)36-22-61(77-51(36)47)29(3)15-17-44-57(10,11)55(75-33(7)65)42(73-31(5)63)24-59(44,61)13)52-45-34(25-70-52)20-38(66)35-21-60(76-50(35)45)28(2)14-16-43-56(8,9)54(74-32(6)64)41(72-30(4)62)23-58(43,60)12/h18-20,28-29,41-44,52-55,66-69H,14-17,21-26H2,1-13H3/t28-,29-,41-,42-,43+,44+,52-,53-,54-,55-,58+,59+,60-,61-/m1/s1. The number of aromatic hydroxyl groups is 4. The van der Waals surface area contributed by atoms with Crippen LogP contribution in [0.5, 0.6) is 34.5 Å². The molecular formula is C61H76O16. The quantitative estimate of drug-likeness (QED) is 0.133. The number of carbonyl (C=O) groups is 4. The molecule has 0 amide bonds. The first-order valence-electron chi connectivity index (χ1n) is 27.6. The van der Waals surface area contributed by atoms with Crippen molar-refractivity contribution in [1.29, 1.82) is 0 Å². The van der Waals surface area contributed by atoms with Crippen LogP contribution in [0.25, 0.3) is 0 Å². The number of aryl methyl sites for hydroxylation is 1. The first-order valence-corrected chi connectivity index (χ1v) is 27.6. The molecule has 0 radical (unpaired) electrons. The van der Waals surface area contributed by atoms with Crippen LogP contribution in [0.4, 0.5) is 0 Å². The van der Waals surface area contributed by atoms with E-state index in [0.29, 0.717) is 75.3 Å². The number of ether oxygens (including phenoxy) is 8. The highest BCUT2D eigenvalue weighted by Gasteiger charge is 2.72. The number of hydrogen-bond acceptors (Lipinski definition) is 16. The van der Waals surface area contributed by atoms with E-state index in [2.05, 4.69) is 55.4 Å². The molecule has 0 aromatic heterocycles. The summed E-state index contributed by atoms with van der Waals surface area (Å²) >= 11 is 0. The van der Waals surface area contributed by atoms with Crippen LogP contribution in [-0.2, 0) is 73.7 Å². The summed E-state index contributed by atoms with van der Waals surface area (Å²) in [7, 11) is 0. The monoisotopic (exact) mass is 1060 g/mol. The van der Waals surface area contributed by atoms with Crippen LogP contribution in [0.3, 0.4) is 0 Å². The molecule has 4 fully saturated rings. The predicted octanol–water partition coefficient (Wildman–Crippen LogP) is 10.1. The van der Waals surface area contributed by atoms with Crippen molar-refractivity contribution in [3.05, 3.63) is 68.3 Å². The number of phenols is 4. The molecule has 16 heteroatoms. The number of fused-ring (bicyclic) bond motifs is 10. The highest BCUT2D eigenvalue weighted by molar-refractivity contribution is 5.71. The molecule has 14 atom stereocenters. The lowest BCUT2D eigenvalue weighted by molar-refractivity contribution is -0.251.